The average Bonchev–Trinajstić information content (AvgIpc) is 2.33. The molecule has 0 unspecified atom stereocenters. The maximum Gasteiger partial charge on any atom is 0.349 e. The molecule has 1 N–H and O–H groups in total. The molecule has 0 aliphatic rings. The Hall–Kier alpha value is -1.52. The first-order valence-corrected chi connectivity index (χ1v) is 4.86. The fourth-order valence-electron chi connectivity index (χ4n) is 1.64. The fraction of sp³-hybridized carbons (Fsp3) is 0.600. The largest absolute Gasteiger partial charge is 0.711 e. The monoisotopic (exact) mass is 212 g/mol. The van der Waals surface area contributed by atoms with Gasteiger partial charge in [-0.15, -0.1) is 0 Å². The van der Waals surface area contributed by atoms with Crippen molar-refractivity contribution in [1.82, 2.24) is 4.57 Å². The molecule has 5 nitrogen and oxygen atoms in total. The van der Waals surface area contributed by atoms with Gasteiger partial charge in [-0.3, -0.25) is 0 Å². The van der Waals surface area contributed by atoms with Gasteiger partial charge in [0.25, 0.3) is 0 Å². The first-order chi connectivity index (χ1) is 6.86. The zero-order valence-corrected chi connectivity index (χ0v) is 9.39. The smallest absolute Gasteiger partial charge is 0.349 e. The molecule has 0 aliphatic carbocycles. The first-order valence-electron chi connectivity index (χ1n) is 4.86. The summed E-state index contributed by atoms with van der Waals surface area (Å²) in [6, 6.07) is -0.682. The number of hydrogen-bond donors (Lipinski definition) is 1. The van der Waals surface area contributed by atoms with E-state index in [1.54, 1.807) is 13.8 Å². The minimum atomic E-state index is -0.913. The van der Waals surface area contributed by atoms with Crippen LogP contribution in [-0.4, -0.2) is 15.6 Å². The highest BCUT2D eigenvalue weighted by Crippen LogP contribution is 2.20. The molecule has 0 aliphatic heterocycles. The molecule has 0 fully saturated rings. The third-order valence-corrected chi connectivity index (χ3v) is 2.65. The lowest BCUT2D eigenvalue weighted by Crippen LogP contribution is -2.28. The lowest BCUT2D eigenvalue weighted by molar-refractivity contribution is -0.611. The van der Waals surface area contributed by atoms with E-state index in [9.17, 15) is 10.0 Å². The van der Waals surface area contributed by atoms with Gasteiger partial charge in [-0.2, -0.15) is 0 Å². The van der Waals surface area contributed by atoms with Crippen LogP contribution in [0.4, 0.5) is 0 Å². The van der Waals surface area contributed by atoms with Gasteiger partial charge in [-0.25, -0.2) is 14.1 Å². The van der Waals surface area contributed by atoms with Gasteiger partial charge in [0, 0.05) is 19.8 Å². The number of carbonyl (C=O) groups is 1. The lowest BCUT2D eigenvalue weighted by atomic mass is 10.0. The van der Waals surface area contributed by atoms with Gasteiger partial charge in [0.1, 0.15) is 11.4 Å². The Kier molecular flexibility index (Phi) is 3.02. The Morgan fingerprint density at radius 2 is 2.07 bits per heavy atom. The number of aromatic nitrogens is 2. The van der Waals surface area contributed by atoms with Crippen LogP contribution in [0.3, 0.4) is 0 Å². The van der Waals surface area contributed by atoms with Crippen molar-refractivity contribution in [2.75, 3.05) is 0 Å². The van der Waals surface area contributed by atoms with Crippen LogP contribution in [0.2, 0.25) is 0 Å². The van der Waals surface area contributed by atoms with E-state index < -0.39 is 12.0 Å². The number of imidazole rings is 1. The Morgan fingerprint density at radius 1 is 1.53 bits per heavy atom. The van der Waals surface area contributed by atoms with E-state index in [2.05, 4.69) is 0 Å². The third kappa shape index (κ3) is 1.95. The van der Waals surface area contributed by atoms with Crippen molar-refractivity contribution in [2.45, 2.75) is 33.7 Å². The molecular weight excluding hydrogens is 196 g/mol. The molecule has 0 bridgehead atoms. The van der Waals surface area contributed by atoms with Gasteiger partial charge in [-0.1, -0.05) is 13.8 Å². The van der Waals surface area contributed by atoms with Crippen LogP contribution < -0.4 is 4.73 Å². The SMILES string of the molecule is Cc1c(C)[n+]([O-])cn1[C@@H](C(=O)O)C(C)C. The van der Waals surface area contributed by atoms with Crippen LogP contribution in [0.15, 0.2) is 6.33 Å². The van der Waals surface area contributed by atoms with Crippen molar-refractivity contribution in [1.29, 1.82) is 0 Å². The van der Waals surface area contributed by atoms with E-state index in [1.807, 2.05) is 13.8 Å². The summed E-state index contributed by atoms with van der Waals surface area (Å²) in [5.74, 6) is -0.975. The molecule has 0 spiro atoms. The molecule has 0 saturated heterocycles. The molecule has 0 amide bonds. The summed E-state index contributed by atoms with van der Waals surface area (Å²) in [6.45, 7) is 7.07. The van der Waals surface area contributed by atoms with Crippen LogP contribution in [0.25, 0.3) is 0 Å². The highest BCUT2D eigenvalue weighted by Gasteiger charge is 2.30. The van der Waals surface area contributed by atoms with Crippen molar-refractivity contribution in [3.05, 3.63) is 22.9 Å². The normalized spacial score (nSPS) is 13.1. The fourth-order valence-corrected chi connectivity index (χ4v) is 1.64. The predicted molar refractivity (Wildman–Crippen MR) is 54.4 cm³/mol. The van der Waals surface area contributed by atoms with Crippen LogP contribution in [0.1, 0.15) is 31.3 Å². The zero-order chi connectivity index (χ0) is 11.7. The second kappa shape index (κ2) is 3.92. The van der Waals surface area contributed by atoms with E-state index in [0.29, 0.717) is 16.1 Å². The molecule has 1 heterocycles. The number of nitrogens with zero attached hydrogens (tertiary/aromatic N) is 2. The van der Waals surface area contributed by atoms with Crippen molar-refractivity contribution >= 4 is 5.97 Å². The van der Waals surface area contributed by atoms with Crippen LogP contribution >= 0.6 is 0 Å². The number of aliphatic carboxylic acids is 1. The highest BCUT2D eigenvalue weighted by atomic mass is 16.5. The molecule has 84 valence electrons. The summed E-state index contributed by atoms with van der Waals surface area (Å²) in [4.78, 5) is 11.1. The van der Waals surface area contributed by atoms with Gasteiger partial charge in [0.05, 0.1) is 0 Å². The quantitative estimate of drug-likeness (QED) is 0.600. The van der Waals surface area contributed by atoms with Crippen molar-refractivity contribution in [3.8, 4) is 0 Å². The van der Waals surface area contributed by atoms with Crippen molar-refractivity contribution in [2.24, 2.45) is 5.92 Å². The van der Waals surface area contributed by atoms with E-state index >= 15 is 0 Å². The summed E-state index contributed by atoms with van der Waals surface area (Å²) in [5.41, 5.74) is 1.24. The number of rotatable bonds is 3. The molecule has 15 heavy (non-hydrogen) atoms. The molecule has 1 atom stereocenters. The summed E-state index contributed by atoms with van der Waals surface area (Å²) < 4.78 is 2.23. The van der Waals surface area contributed by atoms with Crippen molar-refractivity contribution in [3.63, 3.8) is 0 Å². The van der Waals surface area contributed by atoms with Crippen molar-refractivity contribution < 1.29 is 14.6 Å². The Balaban J connectivity index is 3.23. The molecule has 1 aromatic rings. The predicted octanol–water partition coefficient (Wildman–Crippen LogP) is 1.02. The summed E-state index contributed by atoms with van der Waals surface area (Å²) in [7, 11) is 0. The summed E-state index contributed by atoms with van der Waals surface area (Å²) in [5, 5.41) is 20.4. The second-order valence-corrected chi connectivity index (χ2v) is 4.05. The van der Waals surface area contributed by atoms with E-state index in [-0.39, 0.29) is 5.92 Å². The molecule has 0 aromatic carbocycles. The minimum absolute atomic E-state index is 0.0620. The maximum atomic E-state index is 11.3. The van der Waals surface area contributed by atoms with E-state index in [0.717, 1.165) is 0 Å². The van der Waals surface area contributed by atoms with Gasteiger partial charge >= 0.3 is 5.97 Å². The second-order valence-electron chi connectivity index (χ2n) is 4.05. The first kappa shape index (κ1) is 11.6. The number of hydrogen-bond acceptors (Lipinski definition) is 2. The third-order valence-electron chi connectivity index (χ3n) is 2.65. The topological polar surface area (TPSA) is 69.2 Å². The average molecular weight is 212 g/mol. The highest BCUT2D eigenvalue weighted by molar-refractivity contribution is 5.72. The van der Waals surface area contributed by atoms with Gasteiger partial charge in [0.15, 0.2) is 6.04 Å². The van der Waals surface area contributed by atoms with E-state index in [4.69, 9.17) is 5.11 Å². The Bertz CT molecular complexity index is 382. The number of carboxylic acid groups (broad SMARTS) is 1. The molecule has 0 saturated carbocycles. The van der Waals surface area contributed by atoms with Crippen LogP contribution in [0, 0.1) is 25.0 Å². The Morgan fingerprint density at radius 3 is 2.33 bits per heavy atom. The summed E-state index contributed by atoms with van der Waals surface area (Å²) in [6.07, 6.45) is 1.30. The number of carboxylic acids is 1. The minimum Gasteiger partial charge on any atom is -0.711 e. The Labute approximate surface area is 88.5 Å². The molecule has 5 heteroatoms. The summed E-state index contributed by atoms with van der Waals surface area (Å²) >= 11 is 0. The standard InChI is InChI=1S/C10H16N2O3/c1-6(2)9(10(13)14)11-5-12(15)8(4)7(11)3/h5-6,9H,1-4H3,(H,13,14)/t9-/m1/s1. The molecule has 1 aromatic heterocycles. The van der Waals surface area contributed by atoms with Gasteiger partial charge < -0.3 is 10.3 Å². The molecule has 1 rings (SSSR count). The maximum absolute atomic E-state index is 11.3. The zero-order valence-electron chi connectivity index (χ0n) is 9.39. The van der Waals surface area contributed by atoms with Gasteiger partial charge in [-0.05, 0) is 0 Å². The molecular formula is C10H16N2O3. The van der Waals surface area contributed by atoms with Crippen LogP contribution in [-0.2, 0) is 4.79 Å². The molecule has 0 radical (unpaired) electrons. The van der Waals surface area contributed by atoms with Crippen LogP contribution in [0.5, 0.6) is 0 Å². The van der Waals surface area contributed by atoms with Gasteiger partial charge in [0.2, 0.25) is 6.33 Å². The lowest BCUT2D eigenvalue weighted by Gasteiger charge is -2.13. The van der Waals surface area contributed by atoms with E-state index in [1.165, 1.54) is 10.9 Å².